The number of hydrogen-bond acceptors (Lipinski definition) is 4. The third-order valence-electron chi connectivity index (χ3n) is 4.34. The molecule has 0 spiro atoms. The Kier molecular flexibility index (Phi) is 7.10. The predicted molar refractivity (Wildman–Crippen MR) is 124 cm³/mol. The summed E-state index contributed by atoms with van der Waals surface area (Å²) in [6.45, 7) is 3.64. The summed E-state index contributed by atoms with van der Waals surface area (Å²) < 4.78 is 33.0. The molecule has 0 unspecified atom stereocenters. The van der Waals surface area contributed by atoms with Crippen LogP contribution in [0.3, 0.4) is 0 Å². The van der Waals surface area contributed by atoms with E-state index in [2.05, 4.69) is 10.0 Å². The largest absolute Gasteiger partial charge is 0.484 e. The van der Waals surface area contributed by atoms with Gasteiger partial charge in [-0.25, -0.2) is 8.42 Å². The lowest BCUT2D eigenvalue weighted by Crippen LogP contribution is -2.20. The van der Waals surface area contributed by atoms with Crippen molar-refractivity contribution in [2.45, 2.75) is 18.7 Å². The summed E-state index contributed by atoms with van der Waals surface area (Å²) in [5, 5.41) is 3.37. The first-order chi connectivity index (χ1) is 14.6. The van der Waals surface area contributed by atoms with Gasteiger partial charge in [0.2, 0.25) is 0 Å². The van der Waals surface area contributed by atoms with Crippen molar-refractivity contribution >= 4 is 50.5 Å². The van der Waals surface area contributed by atoms with Gasteiger partial charge in [-0.2, -0.15) is 0 Å². The van der Waals surface area contributed by atoms with Crippen LogP contribution < -0.4 is 14.8 Å². The number of amides is 1. The molecule has 2 N–H and O–H groups in total. The van der Waals surface area contributed by atoms with Gasteiger partial charge in [-0.15, -0.1) is 0 Å². The quantitative estimate of drug-likeness (QED) is 0.474. The molecule has 0 aliphatic rings. The molecule has 3 rings (SSSR count). The van der Waals surface area contributed by atoms with Crippen LogP contribution in [0.5, 0.6) is 5.75 Å². The number of sulfonamides is 1. The van der Waals surface area contributed by atoms with Crippen LogP contribution in [0.25, 0.3) is 0 Å². The minimum Gasteiger partial charge on any atom is -0.484 e. The van der Waals surface area contributed by atoms with Gasteiger partial charge in [0.05, 0.1) is 20.6 Å². The molecule has 3 aromatic rings. The number of nitrogens with one attached hydrogen (secondary N) is 2. The lowest BCUT2D eigenvalue weighted by atomic mass is 10.1. The maximum Gasteiger partial charge on any atom is 0.262 e. The Hall–Kier alpha value is -2.74. The van der Waals surface area contributed by atoms with Gasteiger partial charge in [0.25, 0.3) is 15.9 Å². The molecule has 1 amide bonds. The highest BCUT2D eigenvalue weighted by atomic mass is 35.5. The average molecular weight is 479 g/mol. The van der Waals surface area contributed by atoms with Gasteiger partial charge in [0.1, 0.15) is 5.75 Å². The van der Waals surface area contributed by atoms with Crippen molar-refractivity contribution in [2.24, 2.45) is 0 Å². The molecule has 0 saturated carbocycles. The first-order valence-electron chi connectivity index (χ1n) is 9.22. The lowest BCUT2D eigenvalue weighted by Gasteiger charge is -2.11. The molecule has 0 aromatic heterocycles. The zero-order chi connectivity index (χ0) is 22.6. The molecule has 0 fully saturated rings. The Balaban J connectivity index is 1.60. The van der Waals surface area contributed by atoms with Gasteiger partial charge in [0, 0.05) is 5.69 Å². The van der Waals surface area contributed by atoms with Crippen molar-refractivity contribution in [1.82, 2.24) is 0 Å². The molecule has 0 heterocycles. The van der Waals surface area contributed by atoms with Crippen LogP contribution in [0.2, 0.25) is 10.0 Å². The van der Waals surface area contributed by atoms with Crippen LogP contribution in [0.4, 0.5) is 11.4 Å². The summed E-state index contributed by atoms with van der Waals surface area (Å²) >= 11 is 11.8. The van der Waals surface area contributed by atoms with Crippen LogP contribution in [-0.4, -0.2) is 20.9 Å². The van der Waals surface area contributed by atoms with Gasteiger partial charge < -0.3 is 10.1 Å². The maximum absolute atomic E-state index is 12.5. The number of ether oxygens (including phenoxy) is 1. The third kappa shape index (κ3) is 6.13. The molecule has 0 saturated heterocycles. The molecular weight excluding hydrogens is 459 g/mol. The van der Waals surface area contributed by atoms with Crippen molar-refractivity contribution in [3.63, 3.8) is 0 Å². The summed E-state index contributed by atoms with van der Waals surface area (Å²) in [6.07, 6.45) is 0. The van der Waals surface area contributed by atoms with E-state index in [-0.39, 0.29) is 28.1 Å². The molecule has 0 aliphatic heterocycles. The SMILES string of the molecule is Cc1ccc(C)c(NC(=O)COc2ccc(S(=O)(=O)Nc3ccc(Cl)c(Cl)c3)cc2)c1. The zero-order valence-electron chi connectivity index (χ0n) is 16.8. The summed E-state index contributed by atoms with van der Waals surface area (Å²) in [4.78, 5) is 12.2. The number of carbonyl (C=O) groups is 1. The van der Waals surface area contributed by atoms with Gasteiger partial charge in [-0.05, 0) is 73.5 Å². The molecule has 0 radical (unpaired) electrons. The Morgan fingerprint density at radius 3 is 2.32 bits per heavy atom. The minimum absolute atomic E-state index is 0.0331. The second-order valence-corrected chi connectivity index (χ2v) is 9.36. The van der Waals surface area contributed by atoms with E-state index in [9.17, 15) is 13.2 Å². The standard InChI is InChI=1S/C22H20Cl2N2O4S/c1-14-3-4-15(2)21(11-14)25-22(27)13-30-17-6-8-18(9-7-17)31(28,29)26-16-5-10-19(23)20(24)12-16/h3-12,26H,13H2,1-2H3,(H,25,27). The second-order valence-electron chi connectivity index (χ2n) is 6.86. The maximum atomic E-state index is 12.5. The third-order valence-corrected chi connectivity index (χ3v) is 6.48. The highest BCUT2D eigenvalue weighted by Gasteiger charge is 2.15. The molecule has 162 valence electrons. The average Bonchev–Trinajstić information content (AvgIpc) is 2.72. The second kappa shape index (κ2) is 9.60. The van der Waals surface area contributed by atoms with Crippen molar-refractivity contribution in [3.05, 3.63) is 81.8 Å². The van der Waals surface area contributed by atoms with Gasteiger partial charge in [-0.1, -0.05) is 35.3 Å². The van der Waals surface area contributed by atoms with E-state index in [1.165, 1.54) is 42.5 Å². The van der Waals surface area contributed by atoms with Crippen LogP contribution in [-0.2, 0) is 14.8 Å². The Morgan fingerprint density at radius 1 is 0.935 bits per heavy atom. The van der Waals surface area contributed by atoms with Crippen LogP contribution in [0, 0.1) is 13.8 Å². The zero-order valence-corrected chi connectivity index (χ0v) is 19.1. The van der Waals surface area contributed by atoms with Crippen molar-refractivity contribution in [1.29, 1.82) is 0 Å². The van der Waals surface area contributed by atoms with Gasteiger partial charge in [-0.3, -0.25) is 9.52 Å². The normalized spacial score (nSPS) is 11.1. The summed E-state index contributed by atoms with van der Waals surface area (Å²) in [6, 6.07) is 15.9. The topological polar surface area (TPSA) is 84.5 Å². The molecule has 0 aliphatic carbocycles. The van der Waals surface area contributed by atoms with Gasteiger partial charge in [0.15, 0.2) is 6.61 Å². The fourth-order valence-electron chi connectivity index (χ4n) is 2.69. The number of hydrogen-bond donors (Lipinski definition) is 2. The summed E-state index contributed by atoms with van der Waals surface area (Å²) in [5.74, 6) is 0.0521. The van der Waals surface area contributed by atoms with Crippen molar-refractivity contribution < 1.29 is 17.9 Å². The van der Waals surface area contributed by atoms with E-state index < -0.39 is 10.0 Å². The predicted octanol–water partition coefficient (Wildman–Crippen LogP) is 5.43. The number of carbonyl (C=O) groups excluding carboxylic acids is 1. The number of benzene rings is 3. The van der Waals surface area contributed by atoms with Crippen LogP contribution in [0.1, 0.15) is 11.1 Å². The fourth-order valence-corrected chi connectivity index (χ4v) is 4.04. The molecule has 31 heavy (non-hydrogen) atoms. The summed E-state index contributed by atoms with van der Waals surface area (Å²) in [7, 11) is -3.83. The van der Waals surface area contributed by atoms with E-state index in [0.717, 1.165) is 16.8 Å². The number of aryl methyl sites for hydroxylation is 2. The van der Waals surface area contributed by atoms with Gasteiger partial charge >= 0.3 is 0 Å². The van der Waals surface area contributed by atoms with Crippen molar-refractivity contribution in [3.8, 4) is 5.75 Å². The molecule has 9 heteroatoms. The smallest absolute Gasteiger partial charge is 0.262 e. The van der Waals surface area contributed by atoms with E-state index in [0.29, 0.717) is 10.8 Å². The highest BCUT2D eigenvalue weighted by Crippen LogP contribution is 2.27. The van der Waals surface area contributed by atoms with Crippen LogP contribution >= 0.6 is 23.2 Å². The molecular formula is C22H20Cl2N2O4S. The Bertz CT molecular complexity index is 1210. The minimum atomic E-state index is -3.83. The number of halogens is 2. The van der Waals surface area contributed by atoms with E-state index in [1.807, 2.05) is 32.0 Å². The highest BCUT2D eigenvalue weighted by molar-refractivity contribution is 7.92. The summed E-state index contributed by atoms with van der Waals surface area (Å²) in [5.41, 5.74) is 3.00. The number of anilines is 2. The number of rotatable bonds is 7. The van der Waals surface area contributed by atoms with E-state index in [4.69, 9.17) is 27.9 Å². The first-order valence-corrected chi connectivity index (χ1v) is 11.5. The van der Waals surface area contributed by atoms with Crippen molar-refractivity contribution in [2.75, 3.05) is 16.6 Å². The Morgan fingerprint density at radius 2 is 1.65 bits per heavy atom. The van der Waals surface area contributed by atoms with E-state index >= 15 is 0 Å². The molecule has 0 bridgehead atoms. The molecule has 6 nitrogen and oxygen atoms in total. The first kappa shape index (κ1) is 22.9. The van der Waals surface area contributed by atoms with Crippen LogP contribution in [0.15, 0.2) is 65.6 Å². The molecule has 0 atom stereocenters. The lowest BCUT2D eigenvalue weighted by molar-refractivity contribution is -0.118. The molecule has 3 aromatic carbocycles. The van der Waals surface area contributed by atoms with E-state index in [1.54, 1.807) is 0 Å². The monoisotopic (exact) mass is 478 g/mol. The fraction of sp³-hybridized carbons (Fsp3) is 0.136. The Labute approximate surface area is 191 Å².